The number of rotatable bonds is 41. The van der Waals surface area contributed by atoms with Crippen LogP contribution in [0.2, 0.25) is 0 Å². The molecule has 46 heteroatoms. The SMILES string of the molecule is COCC1O[C@@H](O[C@H]2C(OC)C(OC)[C@@H](O[C@H]3C(OC)C(OC)[C@H](O[C@@H]4C(COC(C)=O)O[C@@H](O)C(OC)[C@H]4OC)O[C@H]3COC)O[C@H]2COC)C(OC)[C@@H](OC)[C@@H]1O[C@H]1OC(CN2C(=O)c3ccccc3C2=O)[C@@H](O[C@@H]2O[C@@H](COC(C)=O)[C@@H](O[C@H]3O[C@@H](COC(C)=O)[C@@H](OC(C)=O)C(OC(C)=O)C3OC(C)=O)C(OC(C)=O)C2OC(C)=O)[C@H](OC)C1OC. The zero-order valence-corrected chi connectivity index (χ0v) is 73.3. The first kappa shape index (κ1) is 102. The van der Waals surface area contributed by atoms with E-state index in [1.807, 2.05) is 0 Å². The third kappa shape index (κ3) is 24.4. The van der Waals surface area contributed by atoms with Gasteiger partial charge in [0, 0.05) is 148 Å². The van der Waals surface area contributed by atoms with E-state index < -0.39 is 294 Å². The van der Waals surface area contributed by atoms with Crippen LogP contribution in [-0.2, 0) is 199 Å². The maximum atomic E-state index is 14.6. The standard InChI is InChI=1S/C79H117NO45/c1-33(81)105-30-47-54(57(95-12)64(100-17)73(91)113-47)124-77-68(104-21)61(99-16)53(46(117-77)29-94-11)123-76-67(103-20)60(98-15)52(45(116-76)28-93-10)122-75-66(102-19)59(97-14)51(44(115-75)27-92-9)121-74-65(101-18)58(96-13)50(43(114-74)26-80-71(89)41-24-22-23-25-42(41)72(80)90)120-78-70(112-40(8)88)63(110-38(6)86)56(49(119-78)32-107-35(3)83)125-79-69(111-39(7)87)62(109-37(5)85)55(108-36(4)84)48(118-79)31-106-34(2)82/h22-25,43-70,73-79,91H,26-32H2,1-21H3/t43?,44?,45-,46-,47?,48-,49-,50+,51+,52+,53+,54+,55+,56+,57-,58-,59-,60?,61?,62?,63?,64?,65?,66?,67?,68?,69?,70?,73+,74+,75-,76+,77-,78-,79+/m0/s1. The van der Waals surface area contributed by atoms with Gasteiger partial charge in [-0.25, -0.2) is 0 Å². The van der Waals surface area contributed by atoms with Gasteiger partial charge in [-0.1, -0.05) is 12.1 Å². The van der Waals surface area contributed by atoms with Crippen molar-refractivity contribution in [3.05, 3.63) is 35.4 Å². The van der Waals surface area contributed by atoms with Crippen LogP contribution in [0.3, 0.4) is 0 Å². The molecule has 1 N–H and O–H groups in total. The molecule has 708 valence electrons. The van der Waals surface area contributed by atoms with Gasteiger partial charge >= 0.3 is 47.8 Å². The molecular formula is C79H117NO45. The molecule has 8 heterocycles. The summed E-state index contributed by atoms with van der Waals surface area (Å²) in [7, 11) is 17.8. The van der Waals surface area contributed by atoms with Crippen LogP contribution in [0.4, 0.5) is 0 Å². The highest BCUT2D eigenvalue weighted by Gasteiger charge is 2.63. The number of fused-ring (bicyclic) bond motifs is 1. The summed E-state index contributed by atoms with van der Waals surface area (Å²) < 4.78 is 211. The van der Waals surface area contributed by atoms with Crippen LogP contribution < -0.4 is 0 Å². The molecular weight excluding hydrogens is 1680 g/mol. The van der Waals surface area contributed by atoms with Crippen molar-refractivity contribution in [2.45, 2.75) is 270 Å². The van der Waals surface area contributed by atoms with Crippen LogP contribution in [-0.4, -0.2) is 423 Å². The predicted molar refractivity (Wildman–Crippen MR) is 405 cm³/mol. The van der Waals surface area contributed by atoms with Crippen LogP contribution >= 0.6 is 0 Å². The first-order valence-corrected chi connectivity index (χ1v) is 39.9. The Morgan fingerprint density at radius 3 is 0.776 bits per heavy atom. The zero-order valence-electron chi connectivity index (χ0n) is 73.3. The highest BCUT2D eigenvalue weighted by atomic mass is 16.8. The lowest BCUT2D eigenvalue weighted by Crippen LogP contribution is -2.70. The van der Waals surface area contributed by atoms with Gasteiger partial charge in [0.1, 0.15) is 160 Å². The molecule has 9 rings (SSSR count). The van der Waals surface area contributed by atoms with Gasteiger partial charge in [0.2, 0.25) is 0 Å². The number of aliphatic hydroxyl groups is 1. The number of ether oxygens (including phenoxy) is 34. The van der Waals surface area contributed by atoms with Crippen molar-refractivity contribution in [2.24, 2.45) is 0 Å². The average Bonchev–Trinajstić information content (AvgIpc) is 1.64. The Morgan fingerprint density at radius 2 is 0.496 bits per heavy atom. The predicted octanol–water partition coefficient (Wildman–Crippen LogP) is -1.90. The monoisotopic (exact) mass is 1800 g/mol. The summed E-state index contributed by atoms with van der Waals surface area (Å²) in [6.45, 7) is 4.99. The average molecular weight is 1800 g/mol. The van der Waals surface area contributed by atoms with Crippen molar-refractivity contribution >= 4 is 59.6 Å². The van der Waals surface area contributed by atoms with E-state index in [-0.39, 0.29) is 37.6 Å². The summed E-state index contributed by atoms with van der Waals surface area (Å²) in [5.41, 5.74) is 0.0393. The highest BCUT2D eigenvalue weighted by Crippen LogP contribution is 2.44. The van der Waals surface area contributed by atoms with Gasteiger partial charge in [0.25, 0.3) is 11.8 Å². The van der Waals surface area contributed by atoms with Crippen molar-refractivity contribution < 1.29 is 214 Å². The minimum absolute atomic E-state index is 0.0197. The molecule has 8 aliphatic heterocycles. The Morgan fingerprint density at radius 1 is 0.272 bits per heavy atom. The molecule has 0 radical (unpaired) electrons. The molecule has 7 fully saturated rings. The molecule has 0 spiro atoms. The summed E-state index contributed by atoms with van der Waals surface area (Å²) >= 11 is 0. The number of carbonyl (C=O) groups is 10. The molecule has 0 aliphatic carbocycles. The van der Waals surface area contributed by atoms with E-state index in [0.29, 0.717) is 0 Å². The zero-order chi connectivity index (χ0) is 91.5. The largest absolute Gasteiger partial charge is 0.463 e. The van der Waals surface area contributed by atoms with Crippen LogP contribution in [0, 0.1) is 0 Å². The van der Waals surface area contributed by atoms with E-state index >= 15 is 0 Å². The van der Waals surface area contributed by atoms with Gasteiger partial charge in [-0.3, -0.25) is 52.8 Å². The Labute approximate surface area is 720 Å². The van der Waals surface area contributed by atoms with Crippen molar-refractivity contribution in [1.82, 2.24) is 4.90 Å². The molecule has 35 atom stereocenters. The lowest BCUT2D eigenvalue weighted by Gasteiger charge is -2.52. The van der Waals surface area contributed by atoms with Gasteiger partial charge in [-0.15, -0.1) is 0 Å². The van der Waals surface area contributed by atoms with E-state index in [1.165, 1.54) is 111 Å². The second-order valence-electron chi connectivity index (χ2n) is 29.8. The summed E-state index contributed by atoms with van der Waals surface area (Å²) in [6, 6.07) is 5.99. The molecule has 0 aromatic heterocycles. The molecule has 0 bridgehead atoms. The number of amides is 2. The number of esters is 8. The van der Waals surface area contributed by atoms with Crippen molar-refractivity contribution in [3.8, 4) is 0 Å². The Bertz CT molecular complexity index is 3660. The van der Waals surface area contributed by atoms with Crippen molar-refractivity contribution in [1.29, 1.82) is 0 Å². The van der Waals surface area contributed by atoms with E-state index in [4.69, 9.17) is 161 Å². The minimum atomic E-state index is -2.07. The number of carbonyl (C=O) groups excluding carboxylic acids is 10. The molecule has 7 saturated heterocycles. The number of nitrogens with zero attached hydrogens (tertiary/aromatic N) is 1. The number of aliphatic hydroxyl groups excluding tert-OH is 1. The van der Waals surface area contributed by atoms with Crippen LogP contribution in [0.1, 0.15) is 76.1 Å². The fourth-order valence-corrected chi connectivity index (χ4v) is 16.6. The third-order valence-corrected chi connectivity index (χ3v) is 21.7. The quantitative estimate of drug-likeness (QED) is 0.0425. The molecule has 46 nitrogen and oxygen atoms in total. The molecule has 125 heavy (non-hydrogen) atoms. The highest BCUT2D eigenvalue weighted by molar-refractivity contribution is 6.21. The van der Waals surface area contributed by atoms with Gasteiger partial charge in [0.15, 0.2) is 74.6 Å². The summed E-state index contributed by atoms with van der Waals surface area (Å²) in [4.78, 5) is 133. The summed E-state index contributed by atoms with van der Waals surface area (Å²) in [5, 5.41) is 11.0. The minimum Gasteiger partial charge on any atom is -0.463 e. The topological polar surface area (TPSA) is 508 Å². The maximum absolute atomic E-state index is 14.6. The normalized spacial score (nSPS) is 37.8. The van der Waals surface area contributed by atoms with Crippen molar-refractivity contribution in [3.63, 3.8) is 0 Å². The number of imide groups is 1. The van der Waals surface area contributed by atoms with Gasteiger partial charge in [0.05, 0.1) is 37.5 Å². The van der Waals surface area contributed by atoms with E-state index in [9.17, 15) is 53.1 Å². The van der Waals surface area contributed by atoms with E-state index in [2.05, 4.69) is 0 Å². The Hall–Kier alpha value is -6.96. The first-order chi connectivity index (χ1) is 59.7. The van der Waals surface area contributed by atoms with E-state index in [1.54, 1.807) is 12.1 Å². The number of hydrogen-bond donors (Lipinski definition) is 1. The van der Waals surface area contributed by atoms with Crippen molar-refractivity contribution in [2.75, 3.05) is 139 Å². The Balaban J connectivity index is 1.03. The van der Waals surface area contributed by atoms with E-state index in [0.717, 1.165) is 53.4 Å². The second kappa shape index (κ2) is 47.6. The van der Waals surface area contributed by atoms with Gasteiger partial charge < -0.3 is 166 Å². The fraction of sp³-hybridized carbons (Fsp3) is 0.797. The molecule has 1 aromatic rings. The molecule has 8 aliphatic rings. The molecule has 0 saturated carbocycles. The van der Waals surface area contributed by atoms with Gasteiger partial charge in [-0.2, -0.15) is 0 Å². The maximum Gasteiger partial charge on any atom is 0.303 e. The van der Waals surface area contributed by atoms with Gasteiger partial charge in [-0.05, 0) is 12.1 Å². The Kier molecular flexibility index (Phi) is 38.7. The summed E-state index contributed by atoms with van der Waals surface area (Å²) in [5.74, 6) is -9.09. The molecule has 1 aromatic carbocycles. The van der Waals surface area contributed by atoms with Crippen LogP contribution in [0.5, 0.6) is 0 Å². The molecule has 14 unspecified atom stereocenters. The smallest absolute Gasteiger partial charge is 0.303 e. The van der Waals surface area contributed by atoms with Crippen LogP contribution in [0.15, 0.2) is 24.3 Å². The number of benzene rings is 1. The number of methoxy groups -OCH3 is 13. The lowest BCUT2D eigenvalue weighted by atomic mass is 9.94. The second-order valence-corrected chi connectivity index (χ2v) is 29.8. The number of hydrogen-bond acceptors (Lipinski definition) is 45. The molecule has 2 amide bonds. The lowest BCUT2D eigenvalue weighted by molar-refractivity contribution is -0.402. The fourth-order valence-electron chi connectivity index (χ4n) is 16.6. The third-order valence-electron chi connectivity index (χ3n) is 21.7. The summed E-state index contributed by atoms with van der Waals surface area (Å²) in [6.07, 6.45) is -51.1. The van der Waals surface area contributed by atoms with Crippen LogP contribution in [0.25, 0.3) is 0 Å². The first-order valence-electron chi connectivity index (χ1n) is 39.9.